The highest BCUT2D eigenvalue weighted by Crippen LogP contribution is 2.23. The maximum atomic E-state index is 11.0. The summed E-state index contributed by atoms with van der Waals surface area (Å²) in [6.07, 6.45) is 1.57. The van der Waals surface area contributed by atoms with Crippen LogP contribution in [-0.4, -0.2) is 25.0 Å². The molecule has 0 amide bonds. The highest BCUT2D eigenvalue weighted by molar-refractivity contribution is 7.09. The van der Waals surface area contributed by atoms with E-state index in [2.05, 4.69) is 4.98 Å². The Morgan fingerprint density at radius 3 is 2.89 bits per heavy atom. The number of hydrogen-bond acceptors (Lipinski definition) is 5. The van der Waals surface area contributed by atoms with Gasteiger partial charge in [0.1, 0.15) is 11.5 Å². The summed E-state index contributed by atoms with van der Waals surface area (Å²) < 4.78 is 10.7. The molecular weight excluding hydrogens is 262 g/mol. The van der Waals surface area contributed by atoms with Crippen LogP contribution in [0.1, 0.15) is 20.9 Å². The Hall–Kier alpha value is -1.88. The van der Waals surface area contributed by atoms with E-state index in [1.165, 1.54) is 4.88 Å². The quantitative estimate of drug-likeness (QED) is 0.762. The van der Waals surface area contributed by atoms with Crippen molar-refractivity contribution in [3.8, 4) is 11.5 Å². The molecule has 0 unspecified atom stereocenters. The molecule has 0 aliphatic rings. The van der Waals surface area contributed by atoms with Gasteiger partial charge in [-0.3, -0.25) is 4.79 Å². The molecule has 0 atom stereocenters. The van der Waals surface area contributed by atoms with Gasteiger partial charge in [-0.1, -0.05) is 0 Å². The van der Waals surface area contributed by atoms with Crippen molar-refractivity contribution in [2.24, 2.45) is 0 Å². The van der Waals surface area contributed by atoms with E-state index in [1.54, 1.807) is 36.6 Å². The number of aldehydes is 1. The molecule has 100 valence electrons. The minimum Gasteiger partial charge on any atom is -0.497 e. The number of carbonyl (C=O) groups is 1. The zero-order valence-corrected chi connectivity index (χ0v) is 11.7. The van der Waals surface area contributed by atoms with Crippen molar-refractivity contribution in [3.63, 3.8) is 0 Å². The molecule has 0 bridgehead atoms. The molecule has 19 heavy (non-hydrogen) atoms. The van der Waals surface area contributed by atoms with Gasteiger partial charge in [0.2, 0.25) is 0 Å². The van der Waals surface area contributed by atoms with Gasteiger partial charge in [0.25, 0.3) is 0 Å². The molecule has 1 aromatic heterocycles. The number of nitrogens with zero attached hydrogens (tertiary/aromatic N) is 1. The van der Waals surface area contributed by atoms with E-state index in [-0.39, 0.29) is 0 Å². The van der Waals surface area contributed by atoms with Crippen LogP contribution in [0.15, 0.2) is 23.7 Å². The summed E-state index contributed by atoms with van der Waals surface area (Å²) >= 11 is 1.62. The van der Waals surface area contributed by atoms with Crippen LogP contribution in [0.4, 0.5) is 0 Å². The summed E-state index contributed by atoms with van der Waals surface area (Å²) in [5, 5.41) is 0. The van der Waals surface area contributed by atoms with E-state index in [4.69, 9.17) is 9.47 Å². The first-order chi connectivity index (χ1) is 9.24. The third kappa shape index (κ3) is 3.32. The maximum absolute atomic E-state index is 11.0. The van der Waals surface area contributed by atoms with Crippen molar-refractivity contribution in [1.29, 1.82) is 0 Å². The summed E-state index contributed by atoms with van der Waals surface area (Å²) in [6, 6.07) is 5.20. The Morgan fingerprint density at radius 2 is 2.26 bits per heavy atom. The Kier molecular flexibility index (Phi) is 4.52. The van der Waals surface area contributed by atoms with Crippen LogP contribution < -0.4 is 9.47 Å². The van der Waals surface area contributed by atoms with Gasteiger partial charge in [-0.05, 0) is 25.1 Å². The number of thiazole rings is 1. The number of methoxy groups -OCH3 is 1. The summed E-state index contributed by atoms with van der Waals surface area (Å²) in [5.74, 6) is 1.23. The third-order valence-corrected chi connectivity index (χ3v) is 3.77. The number of hydrogen-bond donors (Lipinski definition) is 0. The van der Waals surface area contributed by atoms with Crippen LogP contribution in [0.3, 0.4) is 0 Å². The predicted octanol–water partition coefficient (Wildman–Crippen LogP) is 2.89. The van der Waals surface area contributed by atoms with Gasteiger partial charge in [-0.25, -0.2) is 4.98 Å². The Balaban J connectivity index is 1.99. The second-order valence-electron chi connectivity index (χ2n) is 3.98. The third-order valence-electron chi connectivity index (χ3n) is 2.78. The highest BCUT2D eigenvalue weighted by atomic mass is 32.1. The fourth-order valence-corrected chi connectivity index (χ4v) is 2.46. The molecule has 0 aliphatic carbocycles. The van der Waals surface area contributed by atoms with E-state index in [1.807, 2.05) is 12.4 Å². The standard InChI is InChI=1S/C14H15NO3S/c1-10-14(19-9-15-10)5-6-18-13-4-3-12(17-2)7-11(13)8-16/h3-4,7-9H,5-6H2,1-2H3. The second-order valence-corrected chi connectivity index (χ2v) is 4.92. The number of aromatic nitrogens is 1. The predicted molar refractivity (Wildman–Crippen MR) is 74.4 cm³/mol. The Labute approximate surface area is 116 Å². The van der Waals surface area contributed by atoms with E-state index >= 15 is 0 Å². The number of rotatable bonds is 6. The van der Waals surface area contributed by atoms with Crippen molar-refractivity contribution in [3.05, 3.63) is 39.8 Å². The molecule has 0 N–H and O–H groups in total. The minimum atomic E-state index is 0.500. The van der Waals surface area contributed by atoms with Gasteiger partial charge in [0.15, 0.2) is 6.29 Å². The van der Waals surface area contributed by atoms with Crippen LogP contribution in [-0.2, 0) is 6.42 Å². The minimum absolute atomic E-state index is 0.500. The van der Waals surface area contributed by atoms with Crippen molar-refractivity contribution in [2.45, 2.75) is 13.3 Å². The molecule has 2 rings (SSSR count). The molecule has 4 nitrogen and oxygen atoms in total. The molecule has 0 spiro atoms. The number of ether oxygens (including phenoxy) is 2. The molecular formula is C14H15NO3S. The van der Waals surface area contributed by atoms with E-state index in [0.717, 1.165) is 18.4 Å². The molecule has 0 saturated heterocycles. The molecule has 0 radical (unpaired) electrons. The lowest BCUT2D eigenvalue weighted by atomic mass is 10.2. The largest absolute Gasteiger partial charge is 0.497 e. The fraction of sp³-hybridized carbons (Fsp3) is 0.286. The number of aryl methyl sites for hydroxylation is 1. The lowest BCUT2D eigenvalue weighted by Gasteiger charge is -2.09. The summed E-state index contributed by atoms with van der Waals surface area (Å²) in [6.45, 7) is 2.51. The molecule has 0 saturated carbocycles. The normalized spacial score (nSPS) is 10.2. The monoisotopic (exact) mass is 277 g/mol. The molecule has 0 aliphatic heterocycles. The summed E-state index contributed by atoms with van der Waals surface area (Å²) in [4.78, 5) is 16.4. The van der Waals surface area contributed by atoms with Crippen LogP contribution in [0.5, 0.6) is 11.5 Å². The van der Waals surface area contributed by atoms with E-state index in [0.29, 0.717) is 23.7 Å². The number of carbonyl (C=O) groups excluding carboxylic acids is 1. The van der Waals surface area contributed by atoms with Crippen molar-refractivity contribution in [2.75, 3.05) is 13.7 Å². The highest BCUT2D eigenvalue weighted by Gasteiger charge is 2.06. The molecule has 1 aromatic carbocycles. The van der Waals surface area contributed by atoms with Crippen molar-refractivity contribution < 1.29 is 14.3 Å². The second kappa shape index (κ2) is 6.33. The van der Waals surface area contributed by atoms with Crippen molar-refractivity contribution >= 4 is 17.6 Å². The maximum Gasteiger partial charge on any atom is 0.153 e. The fourth-order valence-electron chi connectivity index (χ4n) is 1.70. The lowest BCUT2D eigenvalue weighted by molar-refractivity contribution is 0.111. The topological polar surface area (TPSA) is 48.4 Å². The first-order valence-electron chi connectivity index (χ1n) is 5.89. The van der Waals surface area contributed by atoms with E-state index < -0.39 is 0 Å². The van der Waals surface area contributed by atoms with Gasteiger partial charge in [-0.15, -0.1) is 11.3 Å². The molecule has 1 heterocycles. The van der Waals surface area contributed by atoms with Crippen LogP contribution in [0, 0.1) is 6.92 Å². The Bertz CT molecular complexity index is 566. The Morgan fingerprint density at radius 1 is 1.42 bits per heavy atom. The van der Waals surface area contributed by atoms with Crippen molar-refractivity contribution in [1.82, 2.24) is 4.98 Å². The SMILES string of the molecule is COc1ccc(OCCc2scnc2C)c(C=O)c1. The molecule has 0 fully saturated rings. The van der Waals surface area contributed by atoms with E-state index in [9.17, 15) is 4.79 Å². The average molecular weight is 277 g/mol. The zero-order valence-electron chi connectivity index (χ0n) is 10.9. The van der Waals surface area contributed by atoms with Gasteiger partial charge in [0.05, 0.1) is 30.5 Å². The first-order valence-corrected chi connectivity index (χ1v) is 6.77. The summed E-state index contributed by atoms with van der Waals surface area (Å²) in [5.41, 5.74) is 3.37. The summed E-state index contributed by atoms with van der Waals surface area (Å²) in [7, 11) is 1.57. The van der Waals surface area contributed by atoms with Crippen LogP contribution >= 0.6 is 11.3 Å². The average Bonchev–Trinajstić information content (AvgIpc) is 2.84. The molecule has 5 heteroatoms. The lowest BCUT2D eigenvalue weighted by Crippen LogP contribution is -2.03. The molecule has 2 aromatic rings. The number of benzene rings is 1. The zero-order chi connectivity index (χ0) is 13.7. The van der Waals surface area contributed by atoms with Gasteiger partial charge in [0, 0.05) is 11.3 Å². The van der Waals surface area contributed by atoms with Gasteiger partial charge in [-0.2, -0.15) is 0 Å². The van der Waals surface area contributed by atoms with Gasteiger partial charge >= 0.3 is 0 Å². The van der Waals surface area contributed by atoms with Crippen LogP contribution in [0.2, 0.25) is 0 Å². The van der Waals surface area contributed by atoms with Gasteiger partial charge < -0.3 is 9.47 Å². The van der Waals surface area contributed by atoms with Crippen LogP contribution in [0.25, 0.3) is 0 Å². The smallest absolute Gasteiger partial charge is 0.153 e. The first kappa shape index (κ1) is 13.5.